The Morgan fingerprint density at radius 2 is 2.00 bits per heavy atom. The first-order chi connectivity index (χ1) is 9.51. The number of nitrogens with two attached hydrogens (primary N) is 1. The van der Waals surface area contributed by atoms with Gasteiger partial charge in [0.2, 0.25) is 5.91 Å². The number of carbonyl (C=O) groups is 1. The number of amides is 1. The highest BCUT2D eigenvalue weighted by Gasteiger charge is 2.35. The Balaban J connectivity index is 1.89. The Bertz CT molecular complexity index is 451. The van der Waals surface area contributed by atoms with Gasteiger partial charge in [0.15, 0.2) is 0 Å². The molecule has 1 heterocycles. The maximum Gasteiger partial charge on any atom is 0.240 e. The van der Waals surface area contributed by atoms with Gasteiger partial charge in [0, 0.05) is 19.8 Å². The molecule has 5 heteroatoms. The van der Waals surface area contributed by atoms with Crippen molar-refractivity contribution in [1.82, 2.24) is 5.32 Å². The van der Waals surface area contributed by atoms with E-state index in [0.29, 0.717) is 32.6 Å². The second-order valence-corrected chi connectivity index (χ2v) is 5.37. The van der Waals surface area contributed by atoms with Crippen molar-refractivity contribution in [2.24, 2.45) is 5.73 Å². The molecule has 20 heavy (non-hydrogen) atoms. The molecule has 2 rings (SSSR count). The number of hydrogen-bond acceptors (Lipinski definition) is 4. The molecule has 1 saturated heterocycles. The monoisotopic (exact) mass is 278 g/mol. The number of ether oxygens (including phenoxy) is 1. The number of aliphatic hydroxyl groups is 1. The minimum atomic E-state index is -0.808. The first-order valence-electron chi connectivity index (χ1n) is 6.93. The van der Waals surface area contributed by atoms with Crippen LogP contribution in [-0.4, -0.2) is 29.8 Å². The topological polar surface area (TPSA) is 84.6 Å². The van der Waals surface area contributed by atoms with Gasteiger partial charge in [-0.15, -0.1) is 0 Å². The average Bonchev–Trinajstić information content (AvgIpc) is 2.46. The summed E-state index contributed by atoms with van der Waals surface area (Å²) in [6.07, 6.45) is 0.632. The van der Waals surface area contributed by atoms with Crippen molar-refractivity contribution in [2.45, 2.75) is 38.0 Å². The van der Waals surface area contributed by atoms with E-state index in [1.807, 2.05) is 24.3 Å². The fourth-order valence-electron chi connectivity index (χ4n) is 2.24. The normalized spacial score (nSPS) is 19.4. The number of aliphatic hydroxyl groups excluding tert-OH is 1. The molecular formula is C15H22N2O3. The van der Waals surface area contributed by atoms with Crippen LogP contribution in [-0.2, 0) is 16.1 Å². The van der Waals surface area contributed by atoms with Gasteiger partial charge < -0.3 is 20.9 Å². The van der Waals surface area contributed by atoms with Crippen molar-refractivity contribution in [1.29, 1.82) is 0 Å². The van der Waals surface area contributed by atoms with Gasteiger partial charge in [0.05, 0.1) is 11.6 Å². The molecule has 110 valence electrons. The lowest BCUT2D eigenvalue weighted by molar-refractivity contribution is -0.129. The van der Waals surface area contributed by atoms with E-state index < -0.39 is 11.6 Å². The summed E-state index contributed by atoms with van der Waals surface area (Å²) in [6.45, 7) is 3.23. The fraction of sp³-hybridized carbons (Fsp3) is 0.533. The van der Waals surface area contributed by atoms with Gasteiger partial charge in [0.25, 0.3) is 0 Å². The summed E-state index contributed by atoms with van der Waals surface area (Å²) in [7, 11) is 0. The minimum Gasteiger partial charge on any atom is -0.389 e. The van der Waals surface area contributed by atoms with Crippen LogP contribution in [0.5, 0.6) is 0 Å². The molecule has 1 fully saturated rings. The van der Waals surface area contributed by atoms with Crippen molar-refractivity contribution in [3.05, 3.63) is 35.4 Å². The Hall–Kier alpha value is -1.43. The van der Waals surface area contributed by atoms with Crippen molar-refractivity contribution in [3.63, 3.8) is 0 Å². The molecule has 1 unspecified atom stereocenters. The molecule has 0 bridgehead atoms. The third-order valence-corrected chi connectivity index (χ3v) is 3.75. The van der Waals surface area contributed by atoms with E-state index in [1.54, 1.807) is 6.92 Å². The second-order valence-electron chi connectivity index (χ2n) is 5.37. The average molecular weight is 278 g/mol. The third-order valence-electron chi connectivity index (χ3n) is 3.75. The molecule has 0 spiro atoms. The Kier molecular flexibility index (Phi) is 4.75. The summed E-state index contributed by atoms with van der Waals surface area (Å²) in [4.78, 5) is 12.1. The lowest BCUT2D eigenvalue weighted by Crippen LogP contribution is -2.56. The molecule has 0 aromatic heterocycles. The molecule has 1 aromatic rings. The number of hydrogen-bond donors (Lipinski definition) is 3. The van der Waals surface area contributed by atoms with Crippen LogP contribution in [0.1, 0.15) is 37.0 Å². The lowest BCUT2D eigenvalue weighted by Gasteiger charge is -2.31. The quantitative estimate of drug-likeness (QED) is 0.763. The van der Waals surface area contributed by atoms with E-state index in [2.05, 4.69) is 5.32 Å². The minimum absolute atomic E-state index is 0.125. The maximum absolute atomic E-state index is 12.1. The fourth-order valence-corrected chi connectivity index (χ4v) is 2.24. The van der Waals surface area contributed by atoms with Crippen LogP contribution in [0.25, 0.3) is 0 Å². The van der Waals surface area contributed by atoms with Crippen LogP contribution in [0, 0.1) is 0 Å². The molecule has 0 radical (unpaired) electrons. The molecule has 0 aliphatic carbocycles. The van der Waals surface area contributed by atoms with Gasteiger partial charge >= 0.3 is 0 Å². The van der Waals surface area contributed by atoms with Gasteiger partial charge in [-0.3, -0.25) is 4.79 Å². The van der Waals surface area contributed by atoms with Crippen LogP contribution < -0.4 is 11.1 Å². The molecule has 4 N–H and O–H groups in total. The number of rotatable bonds is 4. The highest BCUT2D eigenvalue weighted by Crippen LogP contribution is 2.18. The SMILES string of the molecule is CC(O)c1ccc(CNC(=O)C2(N)CCOCC2)cc1. The number of nitrogens with one attached hydrogen (secondary N) is 1. The number of carbonyl (C=O) groups excluding carboxylic acids is 1. The maximum atomic E-state index is 12.1. The zero-order chi connectivity index (χ0) is 14.6. The highest BCUT2D eigenvalue weighted by atomic mass is 16.5. The molecule has 5 nitrogen and oxygen atoms in total. The molecule has 1 aromatic carbocycles. The van der Waals surface area contributed by atoms with Crippen molar-refractivity contribution >= 4 is 5.91 Å². The summed E-state index contributed by atoms with van der Waals surface area (Å²) in [5.41, 5.74) is 7.14. The van der Waals surface area contributed by atoms with Crippen LogP contribution in [0.4, 0.5) is 0 Å². The molecule has 1 atom stereocenters. The van der Waals surface area contributed by atoms with E-state index in [9.17, 15) is 9.90 Å². The van der Waals surface area contributed by atoms with Crippen molar-refractivity contribution < 1.29 is 14.6 Å². The number of benzene rings is 1. The van der Waals surface area contributed by atoms with E-state index in [0.717, 1.165) is 11.1 Å². The van der Waals surface area contributed by atoms with Gasteiger partial charge in [-0.1, -0.05) is 24.3 Å². The van der Waals surface area contributed by atoms with Crippen LogP contribution in [0.3, 0.4) is 0 Å². The summed E-state index contributed by atoms with van der Waals surface area (Å²) in [5, 5.41) is 12.3. The third kappa shape index (κ3) is 3.56. The first-order valence-corrected chi connectivity index (χ1v) is 6.93. The zero-order valence-electron chi connectivity index (χ0n) is 11.8. The van der Waals surface area contributed by atoms with Gasteiger partial charge in [0.1, 0.15) is 0 Å². The first kappa shape index (κ1) is 15.0. The standard InChI is InChI=1S/C15H22N2O3/c1-11(18)13-4-2-12(3-5-13)10-17-14(19)15(16)6-8-20-9-7-15/h2-5,11,18H,6-10,16H2,1H3,(H,17,19). The molecule has 1 aliphatic rings. The van der Waals surface area contributed by atoms with E-state index in [-0.39, 0.29) is 5.91 Å². The smallest absolute Gasteiger partial charge is 0.240 e. The summed E-state index contributed by atoms with van der Waals surface area (Å²) < 4.78 is 5.23. The van der Waals surface area contributed by atoms with E-state index >= 15 is 0 Å². The highest BCUT2D eigenvalue weighted by molar-refractivity contribution is 5.86. The Morgan fingerprint density at radius 3 is 2.55 bits per heavy atom. The van der Waals surface area contributed by atoms with E-state index in [4.69, 9.17) is 10.5 Å². The predicted molar refractivity (Wildman–Crippen MR) is 75.9 cm³/mol. The Labute approximate surface area is 119 Å². The summed E-state index contributed by atoms with van der Waals surface area (Å²) in [5.74, 6) is -0.125. The van der Waals surface area contributed by atoms with Crippen LogP contribution in [0.15, 0.2) is 24.3 Å². The lowest BCUT2D eigenvalue weighted by atomic mass is 9.90. The van der Waals surface area contributed by atoms with Gasteiger partial charge in [-0.25, -0.2) is 0 Å². The molecule has 0 saturated carbocycles. The zero-order valence-corrected chi connectivity index (χ0v) is 11.8. The van der Waals surface area contributed by atoms with Crippen LogP contribution in [0.2, 0.25) is 0 Å². The summed E-state index contributed by atoms with van der Waals surface area (Å²) >= 11 is 0. The van der Waals surface area contributed by atoms with Gasteiger partial charge in [-0.2, -0.15) is 0 Å². The van der Waals surface area contributed by atoms with Crippen LogP contribution >= 0.6 is 0 Å². The molecular weight excluding hydrogens is 256 g/mol. The largest absolute Gasteiger partial charge is 0.389 e. The molecule has 1 amide bonds. The molecule has 1 aliphatic heterocycles. The van der Waals surface area contributed by atoms with Gasteiger partial charge in [-0.05, 0) is 30.9 Å². The second kappa shape index (κ2) is 6.35. The predicted octanol–water partition coefficient (Wildman–Crippen LogP) is 0.864. The Morgan fingerprint density at radius 1 is 1.40 bits per heavy atom. The van der Waals surface area contributed by atoms with E-state index in [1.165, 1.54) is 0 Å². The van der Waals surface area contributed by atoms with Crippen molar-refractivity contribution in [3.8, 4) is 0 Å². The van der Waals surface area contributed by atoms with Crippen molar-refractivity contribution in [2.75, 3.05) is 13.2 Å². The summed E-state index contributed by atoms with van der Waals surface area (Å²) in [6, 6.07) is 7.52.